The van der Waals surface area contributed by atoms with Crippen LogP contribution in [0.2, 0.25) is 0 Å². The average Bonchev–Trinajstić information content (AvgIpc) is 2.81. The lowest BCUT2D eigenvalue weighted by Gasteiger charge is -2.45. The highest BCUT2D eigenvalue weighted by Crippen LogP contribution is 2.32. The molecule has 2 aromatic carbocycles. The molecule has 1 aliphatic heterocycles. The minimum atomic E-state index is 0.296. The van der Waals surface area contributed by atoms with E-state index in [1.807, 2.05) is 36.5 Å². The Morgan fingerprint density at radius 1 is 0.733 bits per heavy atom. The van der Waals surface area contributed by atoms with Crippen LogP contribution in [0.15, 0.2) is 79.0 Å². The second-order valence-electron chi connectivity index (χ2n) is 7.94. The number of rotatable bonds is 3. The molecule has 0 spiro atoms. The number of piperazine rings is 1. The van der Waals surface area contributed by atoms with Gasteiger partial charge in [0, 0.05) is 42.3 Å². The van der Waals surface area contributed by atoms with Crippen LogP contribution in [0.4, 0.5) is 11.6 Å². The topological polar surface area (TPSA) is 45.2 Å². The fourth-order valence-corrected chi connectivity index (χ4v) is 4.26. The number of anilines is 2. The Balaban J connectivity index is 1.56. The third-order valence-electron chi connectivity index (χ3n) is 5.82. The molecule has 4 aromatic rings. The predicted molar refractivity (Wildman–Crippen MR) is 123 cm³/mol. The lowest BCUT2D eigenvalue weighted by molar-refractivity contribution is 0.475. The summed E-state index contributed by atoms with van der Waals surface area (Å²) in [6.07, 6.45) is 1.86. The highest BCUT2D eigenvalue weighted by Gasteiger charge is 2.31. The van der Waals surface area contributed by atoms with Crippen molar-refractivity contribution in [3.63, 3.8) is 0 Å². The third kappa shape index (κ3) is 3.36. The smallest absolute Gasteiger partial charge is 0.162 e. The molecule has 150 valence electrons. The molecule has 2 aromatic heterocycles. The zero-order valence-electron chi connectivity index (χ0n) is 17.3. The van der Waals surface area contributed by atoms with Gasteiger partial charge in [0.2, 0.25) is 0 Å². The van der Waals surface area contributed by atoms with Gasteiger partial charge in [-0.2, -0.15) is 0 Å². The first kappa shape index (κ1) is 18.6. The van der Waals surface area contributed by atoms with Gasteiger partial charge in [-0.05, 0) is 38.1 Å². The first-order valence-corrected chi connectivity index (χ1v) is 10.5. The maximum Gasteiger partial charge on any atom is 0.162 e. The van der Waals surface area contributed by atoms with E-state index in [4.69, 9.17) is 9.97 Å². The third-order valence-corrected chi connectivity index (χ3v) is 5.82. The molecule has 0 aliphatic carbocycles. The normalized spacial score (nSPS) is 19.3. The zero-order valence-corrected chi connectivity index (χ0v) is 17.3. The highest BCUT2D eigenvalue weighted by molar-refractivity contribution is 5.91. The van der Waals surface area contributed by atoms with E-state index in [0.29, 0.717) is 12.1 Å². The maximum absolute atomic E-state index is 5.06. The summed E-state index contributed by atoms with van der Waals surface area (Å²) in [5.41, 5.74) is 2.02. The van der Waals surface area contributed by atoms with Gasteiger partial charge in [-0.15, -0.1) is 0 Å². The van der Waals surface area contributed by atoms with Gasteiger partial charge in [0.15, 0.2) is 5.82 Å². The molecule has 1 saturated heterocycles. The summed E-state index contributed by atoms with van der Waals surface area (Å²) in [4.78, 5) is 19.3. The largest absolute Gasteiger partial charge is 0.350 e. The molecule has 30 heavy (non-hydrogen) atoms. The van der Waals surface area contributed by atoms with Crippen molar-refractivity contribution in [2.75, 3.05) is 22.9 Å². The Kier molecular flexibility index (Phi) is 4.79. The summed E-state index contributed by atoms with van der Waals surface area (Å²) in [6.45, 7) is 6.31. The van der Waals surface area contributed by atoms with Crippen molar-refractivity contribution in [3.8, 4) is 11.4 Å². The van der Waals surface area contributed by atoms with Gasteiger partial charge in [0.1, 0.15) is 11.6 Å². The van der Waals surface area contributed by atoms with Gasteiger partial charge < -0.3 is 9.80 Å². The molecule has 0 radical (unpaired) electrons. The van der Waals surface area contributed by atoms with Crippen LogP contribution in [0.3, 0.4) is 0 Å². The number of aromatic nitrogens is 3. The van der Waals surface area contributed by atoms with Crippen LogP contribution in [-0.2, 0) is 0 Å². The summed E-state index contributed by atoms with van der Waals surface area (Å²) < 4.78 is 0. The van der Waals surface area contributed by atoms with Gasteiger partial charge in [-0.1, -0.05) is 48.5 Å². The standard InChI is InChI=1S/C25H25N5/c1-18-17-30(19(2)16-29(18)23-14-8-9-15-26-23)25-21-12-6-7-13-22(21)27-24(28-25)20-10-4-3-5-11-20/h3-15,18-19H,16-17H2,1-2H3/t18-,19-/m1/s1. The van der Waals surface area contributed by atoms with Crippen LogP contribution >= 0.6 is 0 Å². The lowest BCUT2D eigenvalue weighted by Crippen LogP contribution is -2.57. The molecular formula is C25H25N5. The first-order valence-electron chi connectivity index (χ1n) is 10.5. The number of fused-ring (bicyclic) bond motifs is 1. The molecule has 0 amide bonds. The van der Waals surface area contributed by atoms with Crippen molar-refractivity contribution < 1.29 is 0 Å². The van der Waals surface area contributed by atoms with Crippen molar-refractivity contribution in [2.45, 2.75) is 25.9 Å². The van der Waals surface area contributed by atoms with E-state index in [1.54, 1.807) is 0 Å². The van der Waals surface area contributed by atoms with Gasteiger partial charge in [-0.3, -0.25) is 0 Å². The average molecular weight is 396 g/mol. The van der Waals surface area contributed by atoms with Crippen LogP contribution in [0.25, 0.3) is 22.3 Å². The molecule has 1 fully saturated rings. The minimum absolute atomic E-state index is 0.296. The van der Waals surface area contributed by atoms with E-state index in [0.717, 1.165) is 47.0 Å². The Morgan fingerprint density at radius 2 is 1.43 bits per heavy atom. The van der Waals surface area contributed by atoms with E-state index in [1.165, 1.54) is 0 Å². The Bertz CT molecular complexity index is 1150. The molecule has 0 bridgehead atoms. The fraction of sp³-hybridized carbons (Fsp3) is 0.240. The zero-order chi connectivity index (χ0) is 20.5. The molecule has 0 saturated carbocycles. The summed E-state index contributed by atoms with van der Waals surface area (Å²) in [6, 6.07) is 25.3. The van der Waals surface area contributed by atoms with Crippen molar-refractivity contribution in [1.82, 2.24) is 15.0 Å². The Labute approximate surface area is 177 Å². The Morgan fingerprint density at radius 3 is 2.23 bits per heavy atom. The number of pyridine rings is 1. The molecule has 5 rings (SSSR count). The molecule has 1 aliphatic rings. The van der Waals surface area contributed by atoms with E-state index in [2.05, 4.69) is 71.1 Å². The van der Waals surface area contributed by atoms with Gasteiger partial charge >= 0.3 is 0 Å². The van der Waals surface area contributed by atoms with E-state index < -0.39 is 0 Å². The minimum Gasteiger partial charge on any atom is -0.350 e. The number of hydrogen-bond donors (Lipinski definition) is 0. The van der Waals surface area contributed by atoms with E-state index in [-0.39, 0.29) is 0 Å². The monoisotopic (exact) mass is 395 g/mol. The molecule has 3 heterocycles. The number of hydrogen-bond acceptors (Lipinski definition) is 5. The van der Waals surface area contributed by atoms with Crippen LogP contribution < -0.4 is 9.80 Å². The summed E-state index contributed by atoms with van der Waals surface area (Å²) in [5.74, 6) is 2.82. The molecule has 0 unspecified atom stereocenters. The van der Waals surface area contributed by atoms with Crippen LogP contribution in [0, 0.1) is 0 Å². The van der Waals surface area contributed by atoms with Gasteiger partial charge in [-0.25, -0.2) is 15.0 Å². The molecular weight excluding hydrogens is 370 g/mol. The fourth-order valence-electron chi connectivity index (χ4n) is 4.26. The molecule has 5 nitrogen and oxygen atoms in total. The predicted octanol–water partition coefficient (Wildman–Crippen LogP) is 4.80. The number of para-hydroxylation sites is 1. The second-order valence-corrected chi connectivity index (χ2v) is 7.94. The number of nitrogens with zero attached hydrogens (tertiary/aromatic N) is 5. The van der Waals surface area contributed by atoms with E-state index in [9.17, 15) is 0 Å². The van der Waals surface area contributed by atoms with Crippen molar-refractivity contribution in [1.29, 1.82) is 0 Å². The maximum atomic E-state index is 5.06. The lowest BCUT2D eigenvalue weighted by atomic mass is 10.1. The SMILES string of the molecule is C[C@@H]1CN(c2nc(-c3ccccc3)nc3ccccc23)[C@H](C)CN1c1ccccn1. The molecule has 5 heteroatoms. The molecule has 0 N–H and O–H groups in total. The van der Waals surface area contributed by atoms with Crippen molar-refractivity contribution in [3.05, 3.63) is 79.0 Å². The quantitative estimate of drug-likeness (QED) is 0.499. The Hall–Kier alpha value is -3.47. The van der Waals surface area contributed by atoms with Crippen LogP contribution in [-0.4, -0.2) is 40.1 Å². The summed E-state index contributed by atoms with van der Waals surface area (Å²) >= 11 is 0. The van der Waals surface area contributed by atoms with Crippen LogP contribution in [0.1, 0.15) is 13.8 Å². The second kappa shape index (κ2) is 7.75. The summed E-state index contributed by atoms with van der Waals surface area (Å²) in [5, 5.41) is 1.10. The van der Waals surface area contributed by atoms with Gasteiger partial charge in [0.25, 0.3) is 0 Å². The van der Waals surface area contributed by atoms with Crippen molar-refractivity contribution in [2.24, 2.45) is 0 Å². The number of benzene rings is 2. The van der Waals surface area contributed by atoms with E-state index >= 15 is 0 Å². The van der Waals surface area contributed by atoms with Crippen molar-refractivity contribution >= 4 is 22.5 Å². The summed E-state index contributed by atoms with van der Waals surface area (Å²) in [7, 11) is 0. The van der Waals surface area contributed by atoms with Crippen LogP contribution in [0.5, 0.6) is 0 Å². The highest BCUT2D eigenvalue weighted by atomic mass is 15.3. The first-order chi connectivity index (χ1) is 14.7. The molecule has 2 atom stereocenters. The van der Waals surface area contributed by atoms with Gasteiger partial charge in [0.05, 0.1) is 5.52 Å².